The molecule has 3 rings (SSSR count). The van der Waals surface area contributed by atoms with E-state index in [4.69, 9.17) is 0 Å². The van der Waals surface area contributed by atoms with Crippen LogP contribution in [0.5, 0.6) is 0 Å². The third kappa shape index (κ3) is 3.01. The van der Waals surface area contributed by atoms with Crippen molar-refractivity contribution in [1.29, 1.82) is 0 Å². The Kier molecular flexibility index (Phi) is 3.58. The van der Waals surface area contributed by atoms with E-state index in [-0.39, 0.29) is 23.6 Å². The van der Waals surface area contributed by atoms with Crippen molar-refractivity contribution in [3.05, 3.63) is 24.3 Å². The first-order chi connectivity index (χ1) is 9.94. The third-order valence-corrected chi connectivity index (χ3v) is 6.29. The van der Waals surface area contributed by atoms with Crippen LogP contribution < -0.4 is 5.32 Å². The molecule has 2 heterocycles. The highest BCUT2D eigenvalue weighted by Crippen LogP contribution is 2.26. The number of rotatable bonds is 2. The molecule has 1 atom stereocenters. The van der Waals surface area contributed by atoms with Crippen molar-refractivity contribution in [3.8, 4) is 0 Å². The molecule has 0 radical (unpaired) electrons. The molecule has 0 aliphatic carbocycles. The lowest BCUT2D eigenvalue weighted by Crippen LogP contribution is -2.40. The minimum Gasteiger partial charge on any atom is -0.323 e. The van der Waals surface area contributed by atoms with Crippen LogP contribution in [0.25, 0.3) is 10.2 Å². The van der Waals surface area contributed by atoms with Crippen molar-refractivity contribution in [2.75, 3.05) is 23.9 Å². The number of nitrogens with one attached hydrogen (secondary N) is 1. The number of amides is 2. The van der Waals surface area contributed by atoms with Gasteiger partial charge in [0.2, 0.25) is 0 Å². The monoisotopic (exact) mass is 325 g/mol. The summed E-state index contributed by atoms with van der Waals surface area (Å²) in [6.45, 7) is 0. The lowest BCUT2D eigenvalue weighted by Gasteiger charge is -2.22. The van der Waals surface area contributed by atoms with Gasteiger partial charge in [0, 0.05) is 13.1 Å². The number of nitrogens with zero attached hydrogens (tertiary/aromatic N) is 2. The highest BCUT2D eigenvalue weighted by atomic mass is 32.2. The van der Waals surface area contributed by atoms with Gasteiger partial charge in [0.1, 0.15) is 0 Å². The van der Waals surface area contributed by atoms with Crippen LogP contribution in [-0.4, -0.2) is 48.9 Å². The van der Waals surface area contributed by atoms with Gasteiger partial charge >= 0.3 is 6.03 Å². The Morgan fingerprint density at radius 3 is 2.86 bits per heavy atom. The molecule has 0 saturated carbocycles. The first-order valence-electron chi connectivity index (χ1n) is 6.54. The molecule has 1 aliphatic rings. The Hall–Kier alpha value is -1.67. The minimum absolute atomic E-state index is 0.0385. The van der Waals surface area contributed by atoms with Crippen LogP contribution in [0, 0.1) is 0 Å². The smallest absolute Gasteiger partial charge is 0.323 e. The molecule has 2 amide bonds. The summed E-state index contributed by atoms with van der Waals surface area (Å²) in [6, 6.07) is 7.05. The number of sulfone groups is 1. The predicted octanol–water partition coefficient (Wildman–Crippen LogP) is 1.95. The molecule has 6 nitrogen and oxygen atoms in total. The first-order valence-corrected chi connectivity index (χ1v) is 9.18. The number of benzene rings is 1. The molecule has 8 heteroatoms. The van der Waals surface area contributed by atoms with E-state index in [0.717, 1.165) is 10.2 Å². The molecule has 112 valence electrons. The summed E-state index contributed by atoms with van der Waals surface area (Å²) in [5, 5.41) is 3.26. The molecule has 1 aromatic carbocycles. The van der Waals surface area contributed by atoms with Crippen molar-refractivity contribution >= 4 is 42.6 Å². The maximum Gasteiger partial charge on any atom is 0.323 e. The summed E-state index contributed by atoms with van der Waals surface area (Å²) in [7, 11) is -1.38. The van der Waals surface area contributed by atoms with E-state index in [1.165, 1.54) is 16.2 Å². The largest absolute Gasteiger partial charge is 0.323 e. The van der Waals surface area contributed by atoms with E-state index in [0.29, 0.717) is 11.6 Å². The zero-order valence-electron chi connectivity index (χ0n) is 11.4. The Morgan fingerprint density at radius 1 is 1.43 bits per heavy atom. The van der Waals surface area contributed by atoms with E-state index in [1.807, 2.05) is 24.3 Å². The van der Waals surface area contributed by atoms with Gasteiger partial charge < -0.3 is 4.90 Å². The summed E-state index contributed by atoms with van der Waals surface area (Å²) in [6.07, 6.45) is 0.492. The lowest BCUT2D eigenvalue weighted by molar-refractivity contribution is 0.209. The second kappa shape index (κ2) is 5.27. The molecule has 1 unspecified atom stereocenters. The molecule has 1 saturated heterocycles. The maximum atomic E-state index is 12.2. The fraction of sp³-hybridized carbons (Fsp3) is 0.385. The third-order valence-electron chi connectivity index (χ3n) is 3.58. The second-order valence-electron chi connectivity index (χ2n) is 5.08. The van der Waals surface area contributed by atoms with Gasteiger partial charge in [-0.05, 0) is 18.6 Å². The van der Waals surface area contributed by atoms with Gasteiger partial charge in [0.25, 0.3) is 0 Å². The molecule has 0 bridgehead atoms. The van der Waals surface area contributed by atoms with Gasteiger partial charge in [-0.1, -0.05) is 23.5 Å². The zero-order chi connectivity index (χ0) is 15.0. The molecule has 2 aromatic rings. The topological polar surface area (TPSA) is 79.4 Å². The number of carbonyl (C=O) groups is 1. The number of para-hydroxylation sites is 1. The minimum atomic E-state index is -3.00. The normalized spacial score (nSPS) is 20.5. The van der Waals surface area contributed by atoms with Crippen LogP contribution in [0.2, 0.25) is 0 Å². The molecular formula is C13H15N3O3S2. The number of hydrogen-bond donors (Lipinski definition) is 1. The molecule has 1 aromatic heterocycles. The number of aromatic nitrogens is 1. The van der Waals surface area contributed by atoms with E-state index in [2.05, 4.69) is 10.3 Å². The van der Waals surface area contributed by atoms with Crippen molar-refractivity contribution in [2.24, 2.45) is 0 Å². The van der Waals surface area contributed by atoms with Crippen LogP contribution in [-0.2, 0) is 9.84 Å². The Morgan fingerprint density at radius 2 is 2.19 bits per heavy atom. The number of fused-ring (bicyclic) bond motifs is 1. The molecule has 21 heavy (non-hydrogen) atoms. The zero-order valence-corrected chi connectivity index (χ0v) is 13.1. The van der Waals surface area contributed by atoms with Gasteiger partial charge in [-0.25, -0.2) is 18.2 Å². The summed E-state index contributed by atoms with van der Waals surface area (Å²) >= 11 is 1.40. The van der Waals surface area contributed by atoms with Crippen molar-refractivity contribution < 1.29 is 13.2 Å². The van der Waals surface area contributed by atoms with Crippen molar-refractivity contribution in [1.82, 2.24) is 9.88 Å². The number of anilines is 1. The van der Waals surface area contributed by atoms with Gasteiger partial charge in [0.15, 0.2) is 15.0 Å². The first kappa shape index (κ1) is 14.3. The molecule has 0 spiro atoms. The van der Waals surface area contributed by atoms with Crippen LogP contribution in [0.3, 0.4) is 0 Å². The van der Waals surface area contributed by atoms with Gasteiger partial charge in [-0.3, -0.25) is 5.32 Å². The fourth-order valence-corrected chi connectivity index (χ4v) is 4.98. The van der Waals surface area contributed by atoms with Crippen molar-refractivity contribution in [2.45, 2.75) is 12.5 Å². The summed E-state index contributed by atoms with van der Waals surface area (Å²) < 4.78 is 23.9. The quantitative estimate of drug-likeness (QED) is 0.915. The fourth-order valence-electron chi connectivity index (χ4n) is 2.35. The van der Waals surface area contributed by atoms with E-state index < -0.39 is 9.84 Å². The second-order valence-corrected chi connectivity index (χ2v) is 8.34. The highest BCUT2D eigenvalue weighted by Gasteiger charge is 2.32. The predicted molar refractivity (Wildman–Crippen MR) is 83.5 cm³/mol. The highest BCUT2D eigenvalue weighted by molar-refractivity contribution is 7.91. The standard InChI is InChI=1S/C13H15N3O3S2/c1-16(9-6-7-21(18,19)8-9)13(17)15-12-14-10-4-2-3-5-11(10)20-12/h2-5,9H,6-8H2,1H3,(H,14,15,17). The van der Waals surface area contributed by atoms with Crippen LogP contribution in [0.4, 0.5) is 9.93 Å². The van der Waals surface area contributed by atoms with E-state index >= 15 is 0 Å². The molecule has 1 N–H and O–H groups in total. The van der Waals surface area contributed by atoms with E-state index in [9.17, 15) is 13.2 Å². The number of carbonyl (C=O) groups excluding carboxylic acids is 1. The van der Waals surface area contributed by atoms with Gasteiger partial charge in [-0.2, -0.15) is 0 Å². The molecular weight excluding hydrogens is 310 g/mol. The number of thiazole rings is 1. The maximum absolute atomic E-state index is 12.2. The van der Waals surface area contributed by atoms with Crippen LogP contribution in [0.1, 0.15) is 6.42 Å². The average Bonchev–Trinajstić information content (AvgIpc) is 3.00. The Labute approximate surface area is 126 Å². The molecule has 1 fully saturated rings. The summed E-state index contributed by atoms with van der Waals surface area (Å²) in [4.78, 5) is 18.0. The average molecular weight is 325 g/mol. The summed E-state index contributed by atoms with van der Waals surface area (Å²) in [5.74, 6) is 0.188. The van der Waals surface area contributed by atoms with Gasteiger partial charge in [0.05, 0.1) is 21.7 Å². The Balaban J connectivity index is 1.71. The van der Waals surface area contributed by atoms with Crippen LogP contribution >= 0.6 is 11.3 Å². The lowest BCUT2D eigenvalue weighted by atomic mass is 10.2. The van der Waals surface area contributed by atoms with Crippen LogP contribution in [0.15, 0.2) is 24.3 Å². The number of hydrogen-bond acceptors (Lipinski definition) is 5. The van der Waals surface area contributed by atoms with Gasteiger partial charge in [-0.15, -0.1) is 0 Å². The number of urea groups is 1. The SMILES string of the molecule is CN(C(=O)Nc1nc2ccccc2s1)C1CCS(=O)(=O)C1. The molecule has 1 aliphatic heterocycles. The summed E-state index contributed by atoms with van der Waals surface area (Å²) in [5.41, 5.74) is 0.837. The Bertz CT molecular complexity index is 752. The van der Waals surface area contributed by atoms with Crippen molar-refractivity contribution in [3.63, 3.8) is 0 Å². The van der Waals surface area contributed by atoms with E-state index in [1.54, 1.807) is 7.05 Å².